The van der Waals surface area contributed by atoms with Gasteiger partial charge in [-0.15, -0.1) is 0 Å². The zero-order valence-corrected chi connectivity index (χ0v) is 22.5. The van der Waals surface area contributed by atoms with Crippen molar-refractivity contribution in [3.63, 3.8) is 0 Å². The first-order chi connectivity index (χ1) is 17.4. The van der Waals surface area contributed by atoms with Gasteiger partial charge in [-0.25, -0.2) is 0 Å². The second-order valence-corrected chi connectivity index (χ2v) is 12.2. The number of alkyl halides is 3. The minimum Gasteiger partial charge on any atom is -0.356 e. The second kappa shape index (κ2) is 10.4. The van der Waals surface area contributed by atoms with Crippen LogP contribution in [-0.2, 0) is 19.2 Å². The molecule has 1 unspecified atom stereocenters. The standard InChI is InChI=1S/C25H37F3N6O4/c1-12(33-23(2,3)4)17(32-22(38)25(26,27)28)21(37)34-11-15-16(24(15,5)6)18(34)20(36)31-14(10-29)9-13-7-8-30-19(13)35/h12-18,33H,7-9,11H2,1-6H3,(H,30,35)(H,31,36)(H,32,38)/t12?,13-,14-,15-,16-,17-,18-/m0/s1. The van der Waals surface area contributed by atoms with Gasteiger partial charge >= 0.3 is 12.1 Å². The van der Waals surface area contributed by atoms with Crippen LogP contribution in [0.2, 0.25) is 0 Å². The number of likely N-dealkylation sites (tertiary alicyclic amines) is 1. The maximum Gasteiger partial charge on any atom is 0.471 e. The number of hydrogen-bond donors (Lipinski definition) is 4. The van der Waals surface area contributed by atoms with E-state index in [1.807, 2.05) is 25.2 Å². The Labute approximate surface area is 220 Å². The number of carbonyl (C=O) groups excluding carboxylic acids is 4. The number of carbonyl (C=O) groups is 4. The van der Waals surface area contributed by atoms with Gasteiger partial charge in [-0.05, 0) is 57.8 Å². The van der Waals surface area contributed by atoms with Gasteiger partial charge in [0, 0.05) is 30.6 Å². The molecule has 13 heteroatoms. The van der Waals surface area contributed by atoms with Gasteiger partial charge in [0.25, 0.3) is 0 Å². The molecule has 2 saturated heterocycles. The van der Waals surface area contributed by atoms with Crippen molar-refractivity contribution in [1.29, 1.82) is 5.26 Å². The molecule has 38 heavy (non-hydrogen) atoms. The molecule has 0 aromatic rings. The molecular weight excluding hydrogens is 505 g/mol. The number of nitrogens with one attached hydrogen (secondary N) is 4. The van der Waals surface area contributed by atoms with E-state index in [9.17, 15) is 37.6 Å². The number of piperidine rings is 1. The van der Waals surface area contributed by atoms with E-state index in [1.54, 1.807) is 20.8 Å². The molecule has 3 rings (SSSR count). The fourth-order valence-corrected chi connectivity index (χ4v) is 5.94. The van der Waals surface area contributed by atoms with Crippen LogP contribution < -0.4 is 21.3 Å². The van der Waals surface area contributed by atoms with Crippen LogP contribution in [0.4, 0.5) is 13.2 Å². The molecule has 1 aliphatic carbocycles. The third-order valence-corrected chi connectivity index (χ3v) is 7.89. The highest BCUT2D eigenvalue weighted by Gasteiger charge is 2.69. The van der Waals surface area contributed by atoms with Crippen molar-refractivity contribution in [3.8, 4) is 6.07 Å². The summed E-state index contributed by atoms with van der Waals surface area (Å²) in [5, 5.41) is 19.8. The first-order valence-corrected chi connectivity index (χ1v) is 12.8. The van der Waals surface area contributed by atoms with Gasteiger partial charge in [-0.3, -0.25) is 19.2 Å². The third kappa shape index (κ3) is 6.22. The topological polar surface area (TPSA) is 143 Å². The predicted molar refractivity (Wildman–Crippen MR) is 130 cm³/mol. The Bertz CT molecular complexity index is 1020. The quantitative estimate of drug-likeness (QED) is 0.358. The first kappa shape index (κ1) is 29.7. The lowest BCUT2D eigenvalue weighted by atomic mass is 9.96. The molecule has 4 amide bonds. The highest BCUT2D eigenvalue weighted by Crippen LogP contribution is 2.65. The van der Waals surface area contributed by atoms with E-state index in [0.29, 0.717) is 13.0 Å². The van der Waals surface area contributed by atoms with Crippen molar-refractivity contribution in [2.24, 2.45) is 23.2 Å². The first-order valence-electron chi connectivity index (χ1n) is 12.8. The minimum absolute atomic E-state index is 0.0619. The maximum atomic E-state index is 13.7. The zero-order valence-electron chi connectivity index (χ0n) is 22.5. The molecule has 212 valence electrons. The lowest BCUT2D eigenvalue weighted by molar-refractivity contribution is -0.175. The predicted octanol–water partition coefficient (Wildman–Crippen LogP) is 0.828. The van der Waals surface area contributed by atoms with E-state index in [-0.39, 0.29) is 36.1 Å². The number of rotatable bonds is 8. The largest absolute Gasteiger partial charge is 0.471 e. The normalized spacial score (nSPS) is 28.4. The monoisotopic (exact) mass is 542 g/mol. The van der Waals surface area contributed by atoms with Gasteiger partial charge in [0.2, 0.25) is 17.7 Å². The van der Waals surface area contributed by atoms with Gasteiger partial charge in [0.1, 0.15) is 18.1 Å². The molecule has 0 radical (unpaired) electrons. The number of halogens is 3. The maximum absolute atomic E-state index is 13.7. The van der Waals surface area contributed by atoms with Gasteiger partial charge < -0.3 is 26.2 Å². The molecule has 2 heterocycles. The molecule has 0 aromatic carbocycles. The number of hydrogen-bond acceptors (Lipinski definition) is 6. The van der Waals surface area contributed by atoms with Crippen molar-refractivity contribution in [2.75, 3.05) is 13.1 Å². The Morgan fingerprint density at radius 3 is 2.34 bits per heavy atom. The smallest absolute Gasteiger partial charge is 0.356 e. The molecule has 4 N–H and O–H groups in total. The van der Waals surface area contributed by atoms with Gasteiger partial charge in [0.05, 0.1) is 6.07 Å². The molecule has 0 bridgehead atoms. The fraction of sp³-hybridized carbons (Fsp3) is 0.800. The van der Waals surface area contributed by atoms with E-state index >= 15 is 0 Å². The number of nitriles is 1. The Kier molecular flexibility index (Phi) is 8.09. The van der Waals surface area contributed by atoms with Crippen molar-refractivity contribution >= 4 is 23.6 Å². The van der Waals surface area contributed by atoms with E-state index in [4.69, 9.17) is 0 Å². The Morgan fingerprint density at radius 2 is 1.84 bits per heavy atom. The van der Waals surface area contributed by atoms with Crippen molar-refractivity contribution in [2.45, 2.75) is 90.3 Å². The SMILES string of the molecule is CC(NC(C)(C)C)[C@H](NC(=O)C(F)(F)F)C(=O)N1C[C@H]2[C@@H]([C@H]1C(=O)N[C@H](C#N)C[C@@H]1CCNC1=O)C2(C)C. The summed E-state index contributed by atoms with van der Waals surface area (Å²) in [6.45, 7) is 11.3. The Morgan fingerprint density at radius 1 is 1.21 bits per heavy atom. The average molecular weight is 543 g/mol. The van der Waals surface area contributed by atoms with Crippen molar-refractivity contribution in [3.05, 3.63) is 0 Å². The van der Waals surface area contributed by atoms with Crippen LogP contribution >= 0.6 is 0 Å². The van der Waals surface area contributed by atoms with Crippen LogP contribution in [0.3, 0.4) is 0 Å². The zero-order chi connectivity index (χ0) is 28.8. The fourth-order valence-electron chi connectivity index (χ4n) is 5.94. The number of nitrogens with zero attached hydrogens (tertiary/aromatic N) is 2. The molecule has 0 aromatic heterocycles. The van der Waals surface area contributed by atoms with E-state index in [2.05, 4.69) is 16.0 Å². The van der Waals surface area contributed by atoms with E-state index in [0.717, 1.165) is 0 Å². The lowest BCUT2D eigenvalue weighted by Gasteiger charge is -2.37. The average Bonchev–Trinajstić information content (AvgIpc) is 3.14. The number of amides is 4. The summed E-state index contributed by atoms with van der Waals surface area (Å²) in [5.41, 5.74) is -0.869. The van der Waals surface area contributed by atoms with Crippen LogP contribution in [0, 0.1) is 34.5 Å². The molecule has 2 aliphatic heterocycles. The summed E-state index contributed by atoms with van der Waals surface area (Å²) >= 11 is 0. The van der Waals surface area contributed by atoms with Gasteiger partial charge in [0.15, 0.2) is 0 Å². The summed E-state index contributed by atoms with van der Waals surface area (Å²) in [6.07, 6.45) is -4.54. The van der Waals surface area contributed by atoms with E-state index in [1.165, 1.54) is 11.8 Å². The summed E-state index contributed by atoms with van der Waals surface area (Å²) in [6, 6.07) is -2.48. The minimum atomic E-state index is -5.20. The molecular formula is C25H37F3N6O4. The Hall–Kier alpha value is -2.88. The lowest BCUT2D eigenvalue weighted by Crippen LogP contribution is -2.64. The number of fused-ring (bicyclic) bond motifs is 1. The summed E-state index contributed by atoms with van der Waals surface area (Å²) in [5.74, 6) is -4.58. The summed E-state index contributed by atoms with van der Waals surface area (Å²) in [4.78, 5) is 52.2. The highest BCUT2D eigenvalue weighted by atomic mass is 19.4. The van der Waals surface area contributed by atoms with Crippen molar-refractivity contribution in [1.82, 2.24) is 26.2 Å². The summed E-state index contributed by atoms with van der Waals surface area (Å²) < 4.78 is 39.4. The van der Waals surface area contributed by atoms with Gasteiger partial charge in [-0.1, -0.05) is 13.8 Å². The Balaban J connectivity index is 1.84. The van der Waals surface area contributed by atoms with Crippen LogP contribution in [0.15, 0.2) is 0 Å². The molecule has 7 atom stereocenters. The van der Waals surface area contributed by atoms with Crippen LogP contribution in [-0.4, -0.2) is 77.5 Å². The highest BCUT2D eigenvalue weighted by molar-refractivity contribution is 5.95. The van der Waals surface area contributed by atoms with Crippen LogP contribution in [0.25, 0.3) is 0 Å². The molecule has 3 fully saturated rings. The second-order valence-electron chi connectivity index (χ2n) is 12.2. The molecule has 10 nitrogen and oxygen atoms in total. The van der Waals surface area contributed by atoms with Crippen molar-refractivity contribution < 1.29 is 32.3 Å². The molecule has 0 spiro atoms. The molecule has 1 saturated carbocycles. The van der Waals surface area contributed by atoms with Gasteiger partial charge in [-0.2, -0.15) is 18.4 Å². The molecule has 3 aliphatic rings. The van der Waals surface area contributed by atoms with Crippen LogP contribution in [0.5, 0.6) is 0 Å². The van der Waals surface area contributed by atoms with E-state index < -0.39 is 59.5 Å². The van der Waals surface area contributed by atoms with Crippen LogP contribution in [0.1, 0.15) is 54.4 Å². The third-order valence-electron chi connectivity index (χ3n) is 7.89. The summed E-state index contributed by atoms with van der Waals surface area (Å²) in [7, 11) is 0.